The molecule has 1 N–H and O–H groups in total. The van der Waals surface area contributed by atoms with E-state index in [2.05, 4.69) is 26.2 Å². The van der Waals surface area contributed by atoms with Crippen molar-refractivity contribution in [1.29, 1.82) is 0 Å². The Morgan fingerprint density at radius 3 is 2.76 bits per heavy atom. The summed E-state index contributed by atoms with van der Waals surface area (Å²) in [5.74, 6) is 0.949. The topological polar surface area (TPSA) is 51.2 Å². The lowest BCUT2D eigenvalue weighted by atomic mass is 9.95. The van der Waals surface area contributed by atoms with E-state index in [1.165, 1.54) is 7.11 Å². The summed E-state index contributed by atoms with van der Waals surface area (Å²) < 4.78 is 6.07. The third-order valence-electron chi connectivity index (χ3n) is 4.01. The summed E-state index contributed by atoms with van der Waals surface area (Å²) in [6, 6.07) is 4.42. The van der Waals surface area contributed by atoms with Gasteiger partial charge in [-0.05, 0) is 59.7 Å². The van der Waals surface area contributed by atoms with Gasteiger partial charge in [0.05, 0.1) is 12.1 Å². The van der Waals surface area contributed by atoms with Gasteiger partial charge >= 0.3 is 5.97 Å². The van der Waals surface area contributed by atoms with E-state index in [0.29, 0.717) is 17.7 Å². The molecular formula is C15H19BrN2O2S. The van der Waals surface area contributed by atoms with E-state index >= 15 is 0 Å². The molecule has 1 aromatic rings. The SMILES string of the molecule is COC(=O)C(CSc1ccc(Br)cn1)(NC1CC1)C1CC1. The van der Waals surface area contributed by atoms with Crippen LogP contribution in [0.5, 0.6) is 0 Å². The number of aromatic nitrogens is 1. The van der Waals surface area contributed by atoms with Gasteiger partial charge < -0.3 is 4.74 Å². The van der Waals surface area contributed by atoms with Crippen molar-refractivity contribution >= 4 is 33.7 Å². The highest BCUT2D eigenvalue weighted by Crippen LogP contribution is 2.44. The van der Waals surface area contributed by atoms with Gasteiger partial charge in [0.2, 0.25) is 0 Å². The number of nitrogens with one attached hydrogen (secondary N) is 1. The number of nitrogens with zero attached hydrogens (tertiary/aromatic N) is 1. The third kappa shape index (κ3) is 3.60. The minimum absolute atomic E-state index is 0.124. The van der Waals surface area contributed by atoms with E-state index in [4.69, 9.17) is 4.74 Å². The zero-order valence-electron chi connectivity index (χ0n) is 12.0. The van der Waals surface area contributed by atoms with Gasteiger partial charge in [0.15, 0.2) is 0 Å². The first-order valence-corrected chi connectivity index (χ1v) is 9.02. The molecule has 2 saturated carbocycles. The number of halogens is 1. The number of pyridine rings is 1. The van der Waals surface area contributed by atoms with Crippen LogP contribution in [0, 0.1) is 5.92 Å². The van der Waals surface area contributed by atoms with Crippen LogP contribution in [0.1, 0.15) is 25.7 Å². The number of carbonyl (C=O) groups is 1. The van der Waals surface area contributed by atoms with Crippen LogP contribution >= 0.6 is 27.7 Å². The number of thioether (sulfide) groups is 1. The van der Waals surface area contributed by atoms with Gasteiger partial charge in [-0.25, -0.2) is 4.98 Å². The van der Waals surface area contributed by atoms with E-state index in [9.17, 15) is 4.79 Å². The quantitative estimate of drug-likeness (QED) is 0.590. The fourth-order valence-electron chi connectivity index (χ4n) is 2.55. The number of carbonyl (C=O) groups excluding carboxylic acids is 1. The smallest absolute Gasteiger partial charge is 0.327 e. The van der Waals surface area contributed by atoms with Crippen molar-refractivity contribution in [3.8, 4) is 0 Å². The van der Waals surface area contributed by atoms with Crippen LogP contribution in [0.3, 0.4) is 0 Å². The normalized spacial score (nSPS) is 20.9. The first-order valence-electron chi connectivity index (χ1n) is 7.24. The van der Waals surface area contributed by atoms with Crippen molar-refractivity contribution in [3.63, 3.8) is 0 Å². The molecule has 1 aromatic heterocycles. The van der Waals surface area contributed by atoms with E-state index < -0.39 is 5.54 Å². The molecular weight excluding hydrogens is 352 g/mol. The summed E-state index contributed by atoms with van der Waals surface area (Å²) >= 11 is 5.01. The molecule has 21 heavy (non-hydrogen) atoms. The van der Waals surface area contributed by atoms with Gasteiger partial charge in [-0.2, -0.15) is 0 Å². The van der Waals surface area contributed by atoms with Crippen molar-refractivity contribution < 1.29 is 9.53 Å². The third-order valence-corrected chi connectivity index (χ3v) is 5.62. The molecule has 0 saturated heterocycles. The zero-order valence-corrected chi connectivity index (χ0v) is 14.4. The molecule has 1 unspecified atom stereocenters. The molecule has 1 heterocycles. The summed E-state index contributed by atoms with van der Waals surface area (Å²) in [6.07, 6.45) is 6.30. The monoisotopic (exact) mass is 370 g/mol. The van der Waals surface area contributed by atoms with Crippen LogP contribution < -0.4 is 5.32 Å². The Morgan fingerprint density at radius 1 is 1.48 bits per heavy atom. The largest absolute Gasteiger partial charge is 0.468 e. The summed E-state index contributed by atoms with van der Waals surface area (Å²) in [5, 5.41) is 4.50. The molecule has 0 aromatic carbocycles. The Morgan fingerprint density at radius 2 is 2.24 bits per heavy atom. The number of esters is 1. The summed E-state index contributed by atoms with van der Waals surface area (Å²) in [6.45, 7) is 0. The standard InChI is InChI=1S/C15H19BrN2O2S/c1-20-14(19)15(10-2-3-10,18-12-5-6-12)9-21-13-7-4-11(16)8-17-13/h4,7-8,10,12,18H,2-3,5-6,9H2,1H3. The molecule has 3 rings (SSSR count). The molecule has 0 amide bonds. The number of hydrogen-bond donors (Lipinski definition) is 1. The van der Waals surface area contributed by atoms with Crippen LogP contribution in [-0.2, 0) is 9.53 Å². The highest BCUT2D eigenvalue weighted by atomic mass is 79.9. The first-order chi connectivity index (χ1) is 10.1. The van der Waals surface area contributed by atoms with Gasteiger partial charge in [0.1, 0.15) is 5.54 Å². The second kappa shape index (κ2) is 6.26. The second-order valence-electron chi connectivity index (χ2n) is 5.76. The Labute approximate surface area is 137 Å². The van der Waals surface area contributed by atoms with E-state index in [0.717, 1.165) is 35.2 Å². The van der Waals surface area contributed by atoms with Gasteiger partial charge in [-0.15, -0.1) is 11.8 Å². The second-order valence-corrected chi connectivity index (χ2v) is 7.67. The van der Waals surface area contributed by atoms with E-state index in [-0.39, 0.29) is 5.97 Å². The summed E-state index contributed by atoms with van der Waals surface area (Å²) in [4.78, 5) is 16.8. The highest BCUT2D eigenvalue weighted by Gasteiger charge is 2.53. The molecule has 6 heteroatoms. The minimum Gasteiger partial charge on any atom is -0.468 e. The van der Waals surface area contributed by atoms with Crippen LogP contribution in [-0.4, -0.2) is 35.4 Å². The average Bonchev–Trinajstić information content (AvgIpc) is 3.37. The highest BCUT2D eigenvalue weighted by molar-refractivity contribution is 9.10. The lowest BCUT2D eigenvalue weighted by Crippen LogP contribution is -2.57. The molecule has 114 valence electrons. The van der Waals surface area contributed by atoms with E-state index in [1.54, 1.807) is 18.0 Å². The first kappa shape index (κ1) is 15.3. The van der Waals surface area contributed by atoms with Gasteiger partial charge in [-0.1, -0.05) is 0 Å². The van der Waals surface area contributed by atoms with Crippen LogP contribution in [0.2, 0.25) is 0 Å². The number of methoxy groups -OCH3 is 1. The Hall–Kier alpha value is -0.590. The molecule has 2 fully saturated rings. The molecule has 0 radical (unpaired) electrons. The Bertz CT molecular complexity index is 517. The summed E-state index contributed by atoms with van der Waals surface area (Å²) in [7, 11) is 1.48. The lowest BCUT2D eigenvalue weighted by molar-refractivity contribution is -0.148. The van der Waals surface area contributed by atoms with Gasteiger partial charge in [0, 0.05) is 22.5 Å². The molecule has 2 aliphatic rings. The maximum absolute atomic E-state index is 12.4. The average molecular weight is 371 g/mol. The molecule has 1 atom stereocenters. The maximum atomic E-state index is 12.4. The molecule has 0 spiro atoms. The number of hydrogen-bond acceptors (Lipinski definition) is 5. The molecule has 0 bridgehead atoms. The van der Waals surface area contributed by atoms with Crippen molar-refractivity contribution in [2.45, 2.75) is 42.3 Å². The van der Waals surface area contributed by atoms with Gasteiger partial charge in [-0.3, -0.25) is 10.1 Å². The fraction of sp³-hybridized carbons (Fsp3) is 0.600. The van der Waals surface area contributed by atoms with E-state index in [1.807, 2.05) is 12.1 Å². The van der Waals surface area contributed by atoms with Crippen molar-refractivity contribution in [2.24, 2.45) is 5.92 Å². The number of ether oxygens (including phenoxy) is 1. The zero-order chi connectivity index (χ0) is 14.9. The predicted octanol–water partition coefficient (Wildman–Crippen LogP) is 3.01. The summed E-state index contributed by atoms with van der Waals surface area (Å²) in [5.41, 5.74) is -0.546. The van der Waals surface area contributed by atoms with Crippen LogP contribution in [0.4, 0.5) is 0 Å². The number of rotatable bonds is 7. The van der Waals surface area contributed by atoms with Crippen LogP contribution in [0.15, 0.2) is 27.8 Å². The molecule has 4 nitrogen and oxygen atoms in total. The van der Waals surface area contributed by atoms with Crippen LogP contribution in [0.25, 0.3) is 0 Å². The maximum Gasteiger partial charge on any atom is 0.327 e. The Balaban J connectivity index is 1.74. The Kier molecular flexibility index (Phi) is 4.57. The minimum atomic E-state index is -0.546. The fourth-order valence-corrected chi connectivity index (χ4v) is 3.89. The van der Waals surface area contributed by atoms with Gasteiger partial charge in [0.25, 0.3) is 0 Å². The van der Waals surface area contributed by atoms with Crippen molar-refractivity contribution in [1.82, 2.24) is 10.3 Å². The molecule has 2 aliphatic carbocycles. The lowest BCUT2D eigenvalue weighted by Gasteiger charge is -2.32. The predicted molar refractivity (Wildman–Crippen MR) is 86.3 cm³/mol. The van der Waals surface area contributed by atoms with Crippen molar-refractivity contribution in [2.75, 3.05) is 12.9 Å². The molecule has 0 aliphatic heterocycles. The van der Waals surface area contributed by atoms with Crippen molar-refractivity contribution in [3.05, 3.63) is 22.8 Å².